The summed E-state index contributed by atoms with van der Waals surface area (Å²) >= 11 is 0. The summed E-state index contributed by atoms with van der Waals surface area (Å²) in [7, 11) is 1.60. The second-order valence-electron chi connectivity index (χ2n) is 8.15. The lowest BCUT2D eigenvalue weighted by Gasteiger charge is -2.22. The molecule has 1 aromatic carbocycles. The molecule has 4 aromatic rings. The Morgan fingerprint density at radius 1 is 1.15 bits per heavy atom. The Morgan fingerprint density at radius 3 is 2.85 bits per heavy atom. The molecule has 0 saturated carbocycles. The van der Waals surface area contributed by atoms with Crippen molar-refractivity contribution in [1.82, 2.24) is 24.3 Å². The molecule has 9 nitrogen and oxygen atoms in total. The van der Waals surface area contributed by atoms with Crippen molar-refractivity contribution in [2.45, 2.75) is 31.9 Å². The maximum atomic E-state index is 13.2. The van der Waals surface area contributed by atoms with Crippen LogP contribution in [0.4, 0.5) is 11.6 Å². The summed E-state index contributed by atoms with van der Waals surface area (Å²) in [5.74, 6) is 1.54. The van der Waals surface area contributed by atoms with E-state index in [1.54, 1.807) is 35.5 Å². The van der Waals surface area contributed by atoms with E-state index in [9.17, 15) is 9.90 Å². The zero-order valence-corrected chi connectivity index (χ0v) is 18.4. The second-order valence-corrected chi connectivity index (χ2v) is 8.15. The number of aliphatic hydroxyl groups is 1. The Bertz CT molecular complexity index is 1420. The average molecular weight is 444 g/mol. The highest BCUT2D eigenvalue weighted by Crippen LogP contribution is 2.27. The fraction of sp³-hybridized carbons (Fsp3) is 0.250. The van der Waals surface area contributed by atoms with Crippen LogP contribution in [-0.2, 0) is 12.1 Å². The molecule has 3 aromatic heterocycles. The maximum Gasteiger partial charge on any atom is 0.278 e. The monoisotopic (exact) mass is 444 g/mol. The Hall–Kier alpha value is -3.98. The van der Waals surface area contributed by atoms with Gasteiger partial charge in [-0.2, -0.15) is 4.98 Å². The summed E-state index contributed by atoms with van der Waals surface area (Å²) in [6.07, 6.45) is 6.61. The van der Waals surface area contributed by atoms with Crippen molar-refractivity contribution in [1.29, 1.82) is 0 Å². The molecule has 5 rings (SSSR count). The first-order valence-corrected chi connectivity index (χ1v) is 10.7. The molecule has 0 unspecified atom stereocenters. The van der Waals surface area contributed by atoms with Crippen LogP contribution in [0, 0.1) is 0 Å². The first-order valence-electron chi connectivity index (χ1n) is 10.7. The van der Waals surface area contributed by atoms with Gasteiger partial charge in [-0.15, -0.1) is 0 Å². The van der Waals surface area contributed by atoms with E-state index in [0.717, 1.165) is 5.69 Å². The van der Waals surface area contributed by atoms with Crippen LogP contribution >= 0.6 is 0 Å². The smallest absolute Gasteiger partial charge is 0.278 e. The molecule has 0 aliphatic carbocycles. The van der Waals surface area contributed by atoms with Gasteiger partial charge in [0.15, 0.2) is 11.5 Å². The van der Waals surface area contributed by atoms with Crippen LogP contribution in [0.1, 0.15) is 25.5 Å². The van der Waals surface area contributed by atoms with Crippen LogP contribution < -0.4 is 15.6 Å². The minimum atomic E-state index is -1.09. The van der Waals surface area contributed by atoms with Gasteiger partial charge in [-0.3, -0.25) is 4.79 Å². The number of nitrogens with one attached hydrogen (secondary N) is 1. The van der Waals surface area contributed by atoms with Crippen molar-refractivity contribution in [3.8, 4) is 11.6 Å². The topological polar surface area (TPSA) is 107 Å². The van der Waals surface area contributed by atoms with Gasteiger partial charge in [0, 0.05) is 18.0 Å². The average Bonchev–Trinajstić information content (AvgIpc) is 3.09. The van der Waals surface area contributed by atoms with Gasteiger partial charge in [0.1, 0.15) is 16.7 Å². The van der Waals surface area contributed by atoms with Crippen LogP contribution in [-0.4, -0.2) is 36.5 Å². The second kappa shape index (κ2) is 8.18. The third kappa shape index (κ3) is 3.87. The fourth-order valence-corrected chi connectivity index (χ4v) is 3.94. The number of nitrogens with zero attached hydrogens (tertiary/aromatic N) is 5. The van der Waals surface area contributed by atoms with Crippen molar-refractivity contribution in [3.05, 3.63) is 76.9 Å². The number of rotatable bonds is 3. The van der Waals surface area contributed by atoms with Gasteiger partial charge in [-0.1, -0.05) is 24.3 Å². The molecule has 1 aliphatic rings. The number of hydrogen-bond acceptors (Lipinski definition) is 7. The highest BCUT2D eigenvalue weighted by atomic mass is 16.5. The molecule has 0 radical (unpaired) electrons. The largest absolute Gasteiger partial charge is 0.497 e. The molecule has 33 heavy (non-hydrogen) atoms. The van der Waals surface area contributed by atoms with Gasteiger partial charge < -0.3 is 15.2 Å². The number of benzene rings is 1. The highest BCUT2D eigenvalue weighted by Gasteiger charge is 2.26. The number of aromatic nitrogens is 5. The SMILES string of the molecule is COc1cccc(Nc2ncc3c(=O)n4n(c3n2)-c2cccc(n2)[C@](C)(O)CC/C=C\C4)c1. The molecule has 2 bridgehead atoms. The van der Waals surface area contributed by atoms with Gasteiger partial charge in [-0.25, -0.2) is 19.3 Å². The summed E-state index contributed by atoms with van der Waals surface area (Å²) in [5.41, 5.74) is 0.428. The predicted molar refractivity (Wildman–Crippen MR) is 125 cm³/mol. The predicted octanol–water partition coefficient (Wildman–Crippen LogP) is 3.29. The van der Waals surface area contributed by atoms with E-state index in [0.29, 0.717) is 53.6 Å². The zero-order chi connectivity index (χ0) is 23.0. The van der Waals surface area contributed by atoms with Crippen molar-refractivity contribution < 1.29 is 9.84 Å². The number of ether oxygens (including phenoxy) is 1. The van der Waals surface area contributed by atoms with Crippen LogP contribution in [0.25, 0.3) is 16.9 Å². The quantitative estimate of drug-likeness (QED) is 0.467. The van der Waals surface area contributed by atoms with Crippen molar-refractivity contribution in [2.24, 2.45) is 0 Å². The van der Waals surface area contributed by atoms with Crippen molar-refractivity contribution in [2.75, 3.05) is 12.4 Å². The molecular weight excluding hydrogens is 420 g/mol. The summed E-state index contributed by atoms with van der Waals surface area (Å²) in [5, 5.41) is 14.5. The minimum absolute atomic E-state index is 0.208. The lowest BCUT2D eigenvalue weighted by Crippen LogP contribution is -2.24. The fourth-order valence-electron chi connectivity index (χ4n) is 3.94. The Kier molecular flexibility index (Phi) is 5.18. The normalized spacial score (nSPS) is 18.9. The summed E-state index contributed by atoms with van der Waals surface area (Å²) < 4.78 is 8.54. The summed E-state index contributed by atoms with van der Waals surface area (Å²) in [4.78, 5) is 26.9. The Balaban J connectivity index is 1.68. The molecule has 1 atom stereocenters. The molecular formula is C24H24N6O3. The molecule has 2 N–H and O–H groups in total. The third-order valence-electron chi connectivity index (χ3n) is 5.75. The Labute approximate surface area is 190 Å². The molecule has 9 heteroatoms. The number of hydrogen-bond donors (Lipinski definition) is 2. The van der Waals surface area contributed by atoms with Crippen molar-refractivity contribution >= 4 is 22.7 Å². The molecule has 0 spiro atoms. The molecule has 0 saturated heterocycles. The van der Waals surface area contributed by atoms with E-state index in [1.165, 1.54) is 6.20 Å². The van der Waals surface area contributed by atoms with Crippen LogP contribution in [0.2, 0.25) is 0 Å². The lowest BCUT2D eigenvalue weighted by atomic mass is 9.95. The first-order chi connectivity index (χ1) is 16.0. The standard InChI is InChI=1S/C24H24N6O3/c1-24(32)12-4-3-5-13-29-22(31)18-15-25-23(26-16-8-6-9-17(14-16)33-2)28-21(18)30(29)20-11-7-10-19(24)27-20/h3,5-11,14-15,32H,4,12-13H2,1-2H3,(H,25,26,28)/b5-3-/t24-/m1/s1. The van der Waals surface area contributed by atoms with E-state index in [-0.39, 0.29) is 5.56 Å². The molecule has 168 valence electrons. The van der Waals surface area contributed by atoms with E-state index >= 15 is 0 Å². The van der Waals surface area contributed by atoms with E-state index in [2.05, 4.69) is 15.3 Å². The lowest BCUT2D eigenvalue weighted by molar-refractivity contribution is 0.0443. The number of fused-ring (bicyclic) bond motifs is 6. The number of pyridine rings is 1. The highest BCUT2D eigenvalue weighted by molar-refractivity contribution is 5.77. The molecule has 0 amide bonds. The molecule has 4 heterocycles. The third-order valence-corrected chi connectivity index (χ3v) is 5.75. The summed E-state index contributed by atoms with van der Waals surface area (Å²) in [6.45, 7) is 2.10. The number of anilines is 2. The number of allylic oxidation sites excluding steroid dienone is 2. The summed E-state index contributed by atoms with van der Waals surface area (Å²) in [6, 6.07) is 12.8. The number of methoxy groups -OCH3 is 1. The molecule has 1 aliphatic heterocycles. The van der Waals surface area contributed by atoms with Gasteiger partial charge in [0.25, 0.3) is 5.56 Å². The van der Waals surface area contributed by atoms with Crippen molar-refractivity contribution in [3.63, 3.8) is 0 Å². The Morgan fingerprint density at radius 2 is 2.00 bits per heavy atom. The van der Waals surface area contributed by atoms with Crippen LogP contribution in [0.15, 0.2) is 65.6 Å². The van der Waals surface area contributed by atoms with Gasteiger partial charge in [0.2, 0.25) is 5.95 Å². The van der Waals surface area contributed by atoms with Gasteiger partial charge in [0.05, 0.1) is 19.3 Å². The zero-order valence-electron chi connectivity index (χ0n) is 18.4. The maximum absolute atomic E-state index is 13.2. The van der Waals surface area contributed by atoms with E-state index in [1.807, 2.05) is 42.5 Å². The first kappa shape index (κ1) is 20.9. The van der Waals surface area contributed by atoms with Crippen LogP contribution in [0.5, 0.6) is 5.75 Å². The van der Waals surface area contributed by atoms with E-state index < -0.39 is 5.60 Å². The van der Waals surface area contributed by atoms with Crippen LogP contribution in [0.3, 0.4) is 0 Å². The van der Waals surface area contributed by atoms with E-state index in [4.69, 9.17) is 9.72 Å². The van der Waals surface area contributed by atoms with Gasteiger partial charge >= 0.3 is 0 Å². The van der Waals surface area contributed by atoms with Gasteiger partial charge in [-0.05, 0) is 44.0 Å². The minimum Gasteiger partial charge on any atom is -0.497 e. The molecule has 0 fully saturated rings.